The molecule has 1 aliphatic rings. The average Bonchev–Trinajstić information content (AvgIpc) is 3.40. The highest BCUT2D eigenvalue weighted by atomic mass is 16.2. The zero-order valence-corrected chi connectivity index (χ0v) is 22.7. The highest BCUT2D eigenvalue weighted by molar-refractivity contribution is 5.95. The van der Waals surface area contributed by atoms with Crippen molar-refractivity contribution in [1.82, 2.24) is 25.8 Å². The molecule has 0 saturated carbocycles. The van der Waals surface area contributed by atoms with Gasteiger partial charge in [-0.05, 0) is 24.5 Å². The zero-order chi connectivity index (χ0) is 29.2. The van der Waals surface area contributed by atoms with E-state index in [1.54, 1.807) is 0 Å². The molecular formula is C28H37N7O5. The van der Waals surface area contributed by atoms with Gasteiger partial charge in [-0.15, -0.1) is 0 Å². The first kappa shape index (κ1) is 30.1. The Morgan fingerprint density at radius 1 is 1.02 bits per heavy atom. The molecule has 1 saturated heterocycles. The van der Waals surface area contributed by atoms with Crippen LogP contribution in [0.15, 0.2) is 60.7 Å². The minimum atomic E-state index is -1.21. The molecule has 0 aromatic heterocycles. The van der Waals surface area contributed by atoms with Crippen molar-refractivity contribution < 1.29 is 24.0 Å². The predicted octanol–water partition coefficient (Wildman–Crippen LogP) is -0.354. The maximum absolute atomic E-state index is 14.1. The third kappa shape index (κ3) is 8.03. The van der Waals surface area contributed by atoms with E-state index >= 15 is 0 Å². The molecule has 0 spiro atoms. The SMILES string of the molecule is CNC(=O)CN(Cc1ccccc1)C(=O)C1CC(c2ccccc2)CN1C(=O)C(CNC(N)=O)NC(=O)C(C)N. The summed E-state index contributed by atoms with van der Waals surface area (Å²) in [7, 11) is 1.49. The maximum Gasteiger partial charge on any atom is 0.312 e. The third-order valence-electron chi connectivity index (χ3n) is 6.79. The van der Waals surface area contributed by atoms with Gasteiger partial charge in [0.1, 0.15) is 12.1 Å². The van der Waals surface area contributed by atoms with Crippen molar-refractivity contribution in [2.24, 2.45) is 11.5 Å². The number of rotatable bonds is 11. The Morgan fingerprint density at radius 2 is 1.65 bits per heavy atom. The Kier molecular flexibility index (Phi) is 10.6. The molecule has 7 N–H and O–H groups in total. The summed E-state index contributed by atoms with van der Waals surface area (Å²) in [6, 6.07) is 14.8. The number of nitrogens with one attached hydrogen (secondary N) is 3. The number of urea groups is 1. The second-order valence-electron chi connectivity index (χ2n) is 9.80. The van der Waals surface area contributed by atoms with E-state index < -0.39 is 41.9 Å². The van der Waals surface area contributed by atoms with Crippen molar-refractivity contribution in [1.29, 1.82) is 0 Å². The van der Waals surface area contributed by atoms with Crippen LogP contribution in [0.5, 0.6) is 0 Å². The fourth-order valence-corrected chi connectivity index (χ4v) is 4.67. The van der Waals surface area contributed by atoms with Gasteiger partial charge in [-0.3, -0.25) is 19.2 Å². The summed E-state index contributed by atoms with van der Waals surface area (Å²) in [6.07, 6.45) is 0.310. The molecule has 6 amide bonds. The smallest absolute Gasteiger partial charge is 0.312 e. The molecule has 12 nitrogen and oxygen atoms in total. The molecule has 4 atom stereocenters. The number of hydrogen-bond donors (Lipinski definition) is 5. The summed E-state index contributed by atoms with van der Waals surface area (Å²) in [6.45, 7) is 1.33. The zero-order valence-electron chi connectivity index (χ0n) is 22.7. The summed E-state index contributed by atoms with van der Waals surface area (Å²) in [5.74, 6) is -2.10. The van der Waals surface area contributed by atoms with Crippen LogP contribution in [-0.2, 0) is 25.7 Å². The van der Waals surface area contributed by atoms with Gasteiger partial charge in [0.15, 0.2) is 0 Å². The Labute approximate surface area is 233 Å². The lowest BCUT2D eigenvalue weighted by Crippen LogP contribution is -2.59. The van der Waals surface area contributed by atoms with Gasteiger partial charge in [0.2, 0.25) is 23.6 Å². The van der Waals surface area contributed by atoms with Gasteiger partial charge in [-0.25, -0.2) is 4.79 Å². The monoisotopic (exact) mass is 551 g/mol. The Morgan fingerprint density at radius 3 is 2.23 bits per heavy atom. The fraction of sp³-hybridized carbons (Fsp3) is 0.393. The number of hydrogen-bond acceptors (Lipinski definition) is 6. The van der Waals surface area contributed by atoms with Gasteiger partial charge in [0.05, 0.1) is 12.6 Å². The van der Waals surface area contributed by atoms with E-state index in [-0.39, 0.29) is 38.0 Å². The van der Waals surface area contributed by atoms with Gasteiger partial charge in [0, 0.05) is 32.6 Å². The number of likely N-dealkylation sites (N-methyl/N-ethyl adjacent to an activating group) is 1. The van der Waals surface area contributed by atoms with Crippen LogP contribution in [0.1, 0.15) is 30.4 Å². The van der Waals surface area contributed by atoms with Crippen LogP contribution in [0.2, 0.25) is 0 Å². The second kappa shape index (κ2) is 14.1. The third-order valence-corrected chi connectivity index (χ3v) is 6.79. The number of benzene rings is 2. The molecule has 1 heterocycles. The quantitative estimate of drug-likeness (QED) is 0.254. The molecule has 40 heavy (non-hydrogen) atoms. The predicted molar refractivity (Wildman–Crippen MR) is 148 cm³/mol. The van der Waals surface area contributed by atoms with Crippen LogP contribution in [0, 0.1) is 0 Å². The summed E-state index contributed by atoms with van der Waals surface area (Å²) in [5.41, 5.74) is 12.7. The van der Waals surface area contributed by atoms with Crippen molar-refractivity contribution in [3.8, 4) is 0 Å². The van der Waals surface area contributed by atoms with Crippen molar-refractivity contribution in [3.05, 3.63) is 71.8 Å². The molecule has 0 aliphatic carbocycles. The number of primary amides is 1. The van der Waals surface area contributed by atoms with Crippen molar-refractivity contribution in [3.63, 3.8) is 0 Å². The van der Waals surface area contributed by atoms with E-state index in [9.17, 15) is 24.0 Å². The number of carbonyl (C=O) groups excluding carboxylic acids is 5. The molecule has 4 unspecified atom stereocenters. The molecule has 3 rings (SSSR count). The summed E-state index contributed by atoms with van der Waals surface area (Å²) >= 11 is 0. The Hall–Kier alpha value is -4.45. The topological polar surface area (TPSA) is 180 Å². The molecule has 0 bridgehead atoms. The lowest BCUT2D eigenvalue weighted by molar-refractivity contribution is -0.147. The van der Waals surface area contributed by atoms with Gasteiger partial charge < -0.3 is 37.2 Å². The van der Waals surface area contributed by atoms with Gasteiger partial charge in [0.25, 0.3) is 0 Å². The average molecular weight is 552 g/mol. The van der Waals surface area contributed by atoms with E-state index in [4.69, 9.17) is 11.5 Å². The molecule has 2 aromatic rings. The lowest BCUT2D eigenvalue weighted by Gasteiger charge is -2.32. The van der Waals surface area contributed by atoms with Crippen molar-refractivity contribution in [2.45, 2.75) is 43.9 Å². The first-order valence-electron chi connectivity index (χ1n) is 13.1. The van der Waals surface area contributed by atoms with Crippen LogP contribution in [0.25, 0.3) is 0 Å². The summed E-state index contributed by atoms with van der Waals surface area (Å²) < 4.78 is 0. The summed E-state index contributed by atoms with van der Waals surface area (Å²) in [4.78, 5) is 67.0. The van der Waals surface area contributed by atoms with Crippen LogP contribution in [0.3, 0.4) is 0 Å². The summed E-state index contributed by atoms with van der Waals surface area (Å²) in [5, 5.41) is 7.46. The normalized spacial score (nSPS) is 17.8. The first-order chi connectivity index (χ1) is 19.1. The number of carbonyl (C=O) groups is 5. The molecule has 1 fully saturated rings. The standard InChI is InChI=1S/C28H37N7O5/c1-18(29)25(37)33-22(14-32-28(30)40)26(38)35-16-21(20-11-7-4-8-12-20)13-23(35)27(39)34(17-24(36)31-2)15-19-9-5-3-6-10-19/h3-12,18,21-23H,13-17,29H2,1-2H3,(H,31,36)(H,33,37)(H3,30,32,40). The maximum atomic E-state index is 14.1. The Bertz CT molecular complexity index is 1190. The van der Waals surface area contributed by atoms with E-state index in [2.05, 4.69) is 16.0 Å². The molecule has 1 aliphatic heterocycles. The van der Waals surface area contributed by atoms with E-state index in [1.807, 2.05) is 60.7 Å². The number of nitrogens with two attached hydrogens (primary N) is 2. The first-order valence-corrected chi connectivity index (χ1v) is 13.1. The fourth-order valence-electron chi connectivity index (χ4n) is 4.67. The lowest BCUT2D eigenvalue weighted by atomic mass is 9.96. The second-order valence-corrected chi connectivity index (χ2v) is 9.80. The van der Waals surface area contributed by atoms with E-state index in [1.165, 1.54) is 23.8 Å². The molecular weight excluding hydrogens is 514 g/mol. The minimum absolute atomic E-state index is 0.162. The highest BCUT2D eigenvalue weighted by Gasteiger charge is 2.44. The number of nitrogens with zero attached hydrogens (tertiary/aromatic N) is 2. The van der Waals surface area contributed by atoms with Crippen LogP contribution in [0.4, 0.5) is 4.79 Å². The van der Waals surface area contributed by atoms with Crippen LogP contribution >= 0.6 is 0 Å². The van der Waals surface area contributed by atoms with Crippen LogP contribution < -0.4 is 27.4 Å². The van der Waals surface area contributed by atoms with Gasteiger partial charge >= 0.3 is 6.03 Å². The van der Waals surface area contributed by atoms with E-state index in [0.717, 1.165) is 11.1 Å². The Balaban J connectivity index is 1.96. The van der Waals surface area contributed by atoms with E-state index in [0.29, 0.717) is 6.42 Å². The minimum Gasteiger partial charge on any atom is -0.358 e. The molecule has 2 aromatic carbocycles. The largest absolute Gasteiger partial charge is 0.358 e. The highest BCUT2D eigenvalue weighted by Crippen LogP contribution is 2.33. The van der Waals surface area contributed by atoms with Crippen LogP contribution in [-0.4, -0.2) is 84.3 Å². The van der Waals surface area contributed by atoms with Crippen molar-refractivity contribution in [2.75, 3.05) is 26.7 Å². The number of amides is 6. The molecule has 214 valence electrons. The van der Waals surface area contributed by atoms with Gasteiger partial charge in [-0.2, -0.15) is 0 Å². The molecule has 12 heteroatoms. The van der Waals surface area contributed by atoms with Gasteiger partial charge in [-0.1, -0.05) is 60.7 Å². The molecule has 0 radical (unpaired) electrons. The number of likely N-dealkylation sites (tertiary alicyclic amines) is 1. The van der Waals surface area contributed by atoms with Crippen molar-refractivity contribution >= 4 is 29.7 Å².